The van der Waals surface area contributed by atoms with Gasteiger partial charge in [-0.1, -0.05) is 66.7 Å². The number of carbonyl (C=O) groups excluding carboxylic acids is 2. The van der Waals surface area contributed by atoms with E-state index in [-0.39, 0.29) is 6.61 Å². The van der Waals surface area contributed by atoms with Crippen molar-refractivity contribution in [3.63, 3.8) is 0 Å². The van der Waals surface area contributed by atoms with Crippen LogP contribution in [0.3, 0.4) is 0 Å². The van der Waals surface area contributed by atoms with Gasteiger partial charge in [-0.2, -0.15) is 13.2 Å². The number of ether oxygens (including phenoxy) is 2. The Morgan fingerprint density at radius 3 is 1.81 bits per heavy atom. The summed E-state index contributed by atoms with van der Waals surface area (Å²) in [5, 5.41) is 0. The number of alkyl halides is 3. The van der Waals surface area contributed by atoms with Crippen LogP contribution in [0.4, 0.5) is 13.2 Å². The molecule has 0 spiro atoms. The molecule has 0 heterocycles. The summed E-state index contributed by atoms with van der Waals surface area (Å²) in [6.07, 6.45) is -6.54. The first kappa shape index (κ1) is 26.2. The molecule has 0 amide bonds. The van der Waals surface area contributed by atoms with Crippen LogP contribution in [0.25, 0.3) is 0 Å². The molecule has 7 heteroatoms. The molecule has 0 aliphatic rings. The summed E-state index contributed by atoms with van der Waals surface area (Å²) in [7, 11) is 0. The molecule has 170 valence electrons. The SMILES string of the molecule is CC(C)(C)OC(=O)CC(CCC(F)(F)F)C(=O)OCc1ccccc1.c1ccccc1. The molecule has 1 unspecified atom stereocenters. The number of hydrogen-bond acceptors (Lipinski definition) is 4. The molecule has 2 aromatic carbocycles. The van der Waals surface area contributed by atoms with Gasteiger partial charge in [-0.3, -0.25) is 9.59 Å². The van der Waals surface area contributed by atoms with Crippen molar-refractivity contribution in [1.29, 1.82) is 0 Å². The summed E-state index contributed by atoms with van der Waals surface area (Å²) < 4.78 is 47.6. The third-order valence-electron chi connectivity index (χ3n) is 3.83. The van der Waals surface area contributed by atoms with Crippen molar-refractivity contribution in [3.8, 4) is 0 Å². The summed E-state index contributed by atoms with van der Waals surface area (Å²) >= 11 is 0. The minimum atomic E-state index is -4.41. The van der Waals surface area contributed by atoms with Crippen molar-refractivity contribution in [2.45, 2.75) is 58.4 Å². The van der Waals surface area contributed by atoms with Gasteiger partial charge in [0.15, 0.2) is 0 Å². The highest BCUT2D eigenvalue weighted by Gasteiger charge is 2.33. The molecule has 4 nitrogen and oxygen atoms in total. The Morgan fingerprint density at radius 2 is 1.35 bits per heavy atom. The fourth-order valence-corrected chi connectivity index (χ4v) is 2.46. The van der Waals surface area contributed by atoms with E-state index in [2.05, 4.69) is 0 Å². The monoisotopic (exact) mass is 438 g/mol. The average molecular weight is 438 g/mol. The molecule has 0 bridgehead atoms. The zero-order chi connectivity index (χ0) is 23.3. The molecule has 0 N–H and O–H groups in total. The maximum Gasteiger partial charge on any atom is 0.389 e. The van der Waals surface area contributed by atoms with Crippen molar-refractivity contribution in [3.05, 3.63) is 72.3 Å². The highest BCUT2D eigenvalue weighted by atomic mass is 19.4. The van der Waals surface area contributed by atoms with Gasteiger partial charge in [0.2, 0.25) is 0 Å². The molecule has 0 radical (unpaired) electrons. The largest absolute Gasteiger partial charge is 0.461 e. The van der Waals surface area contributed by atoms with Crippen molar-refractivity contribution in [1.82, 2.24) is 0 Å². The third kappa shape index (κ3) is 13.9. The van der Waals surface area contributed by atoms with Crippen molar-refractivity contribution < 1.29 is 32.2 Å². The van der Waals surface area contributed by atoms with Crippen LogP contribution >= 0.6 is 0 Å². The second kappa shape index (κ2) is 12.8. The zero-order valence-corrected chi connectivity index (χ0v) is 18.0. The lowest BCUT2D eigenvalue weighted by Crippen LogP contribution is -2.28. The van der Waals surface area contributed by atoms with Crippen LogP contribution in [0.15, 0.2) is 66.7 Å². The molecule has 0 saturated heterocycles. The van der Waals surface area contributed by atoms with Gasteiger partial charge in [0.25, 0.3) is 0 Å². The predicted molar refractivity (Wildman–Crippen MR) is 112 cm³/mol. The van der Waals surface area contributed by atoms with Gasteiger partial charge in [0, 0.05) is 6.42 Å². The van der Waals surface area contributed by atoms with Gasteiger partial charge >= 0.3 is 18.1 Å². The molecule has 0 fully saturated rings. The van der Waals surface area contributed by atoms with E-state index < -0.39 is 48.9 Å². The number of esters is 2. The molecule has 0 aromatic heterocycles. The van der Waals surface area contributed by atoms with Crippen molar-refractivity contribution in [2.75, 3.05) is 0 Å². The number of benzene rings is 2. The average Bonchev–Trinajstić information content (AvgIpc) is 2.70. The van der Waals surface area contributed by atoms with E-state index in [1.165, 1.54) is 0 Å². The molecule has 0 aliphatic heterocycles. The molecule has 31 heavy (non-hydrogen) atoms. The molecule has 1 atom stereocenters. The third-order valence-corrected chi connectivity index (χ3v) is 3.83. The van der Waals surface area contributed by atoms with E-state index in [4.69, 9.17) is 9.47 Å². The quantitative estimate of drug-likeness (QED) is 0.490. The van der Waals surface area contributed by atoms with Crippen LogP contribution in [-0.4, -0.2) is 23.7 Å². The Bertz CT molecular complexity index is 742. The van der Waals surface area contributed by atoms with Crippen LogP contribution in [0.2, 0.25) is 0 Å². The molecular formula is C24H29F3O4. The summed E-state index contributed by atoms with van der Waals surface area (Å²) in [5.74, 6) is -2.75. The first-order valence-corrected chi connectivity index (χ1v) is 9.95. The van der Waals surface area contributed by atoms with Crippen LogP contribution in [0.5, 0.6) is 0 Å². The van der Waals surface area contributed by atoms with E-state index in [9.17, 15) is 22.8 Å². The second-order valence-corrected chi connectivity index (χ2v) is 7.89. The molecular weight excluding hydrogens is 409 g/mol. The Hall–Kier alpha value is -2.83. The van der Waals surface area contributed by atoms with E-state index in [1.54, 1.807) is 51.1 Å². The van der Waals surface area contributed by atoms with Crippen molar-refractivity contribution in [2.24, 2.45) is 5.92 Å². The van der Waals surface area contributed by atoms with Crippen LogP contribution in [0, 0.1) is 5.92 Å². The lowest BCUT2D eigenvalue weighted by molar-refractivity contribution is -0.165. The number of halogens is 3. The van der Waals surface area contributed by atoms with Crippen LogP contribution in [-0.2, 0) is 25.7 Å². The highest BCUT2D eigenvalue weighted by molar-refractivity contribution is 5.80. The highest BCUT2D eigenvalue weighted by Crippen LogP contribution is 2.27. The Morgan fingerprint density at radius 1 is 0.871 bits per heavy atom. The summed E-state index contributed by atoms with van der Waals surface area (Å²) in [6.45, 7) is 4.87. The van der Waals surface area contributed by atoms with Gasteiger partial charge in [-0.25, -0.2) is 0 Å². The Kier molecular flexibility index (Phi) is 10.8. The molecule has 0 aliphatic carbocycles. The van der Waals surface area contributed by atoms with Gasteiger partial charge in [0.1, 0.15) is 12.2 Å². The standard InChI is InChI=1S/C18H23F3O4.C6H6/c1-17(2,3)25-15(22)11-14(9-10-18(19,20)21)16(23)24-12-13-7-5-4-6-8-13;1-2-4-6-5-3-1/h4-8,14H,9-12H2,1-3H3;1-6H. The van der Waals surface area contributed by atoms with Crippen LogP contribution < -0.4 is 0 Å². The van der Waals surface area contributed by atoms with Gasteiger partial charge in [-0.05, 0) is 32.8 Å². The van der Waals surface area contributed by atoms with Gasteiger partial charge in [0.05, 0.1) is 12.3 Å². The fraction of sp³-hybridized carbons (Fsp3) is 0.417. The number of hydrogen-bond donors (Lipinski definition) is 0. The van der Waals surface area contributed by atoms with Crippen molar-refractivity contribution >= 4 is 11.9 Å². The minimum absolute atomic E-state index is 0.0590. The number of carbonyl (C=O) groups is 2. The topological polar surface area (TPSA) is 52.6 Å². The molecule has 2 aromatic rings. The Balaban J connectivity index is 0.000000683. The van der Waals surface area contributed by atoms with Crippen LogP contribution in [0.1, 0.15) is 45.6 Å². The normalized spacial score (nSPS) is 12.2. The lowest BCUT2D eigenvalue weighted by atomic mass is 9.99. The molecule has 0 saturated carbocycles. The van der Waals surface area contributed by atoms with Gasteiger partial charge in [-0.15, -0.1) is 0 Å². The summed E-state index contributed by atoms with van der Waals surface area (Å²) in [6, 6.07) is 20.8. The maximum absolute atomic E-state index is 12.5. The second-order valence-electron chi connectivity index (χ2n) is 7.89. The smallest absolute Gasteiger partial charge is 0.389 e. The predicted octanol–water partition coefficient (Wildman–Crippen LogP) is 6.11. The molecule has 2 rings (SSSR count). The minimum Gasteiger partial charge on any atom is -0.461 e. The van der Waals surface area contributed by atoms with E-state index >= 15 is 0 Å². The Labute approximate surface area is 181 Å². The first-order chi connectivity index (χ1) is 14.5. The first-order valence-electron chi connectivity index (χ1n) is 9.95. The lowest BCUT2D eigenvalue weighted by Gasteiger charge is -2.22. The fourth-order valence-electron chi connectivity index (χ4n) is 2.46. The maximum atomic E-state index is 12.5. The van der Waals surface area contributed by atoms with Gasteiger partial charge < -0.3 is 9.47 Å². The number of rotatable bonds is 7. The summed E-state index contributed by atoms with van der Waals surface area (Å²) in [4.78, 5) is 24.0. The van der Waals surface area contributed by atoms with E-state index in [0.717, 1.165) is 0 Å². The van der Waals surface area contributed by atoms with E-state index in [0.29, 0.717) is 5.56 Å². The van der Waals surface area contributed by atoms with E-state index in [1.807, 2.05) is 36.4 Å². The summed E-state index contributed by atoms with van der Waals surface area (Å²) in [5.41, 5.74) is -0.0673. The zero-order valence-electron chi connectivity index (χ0n) is 18.0.